The largest absolute Gasteiger partial charge is 0.508 e. The van der Waals surface area contributed by atoms with Gasteiger partial charge < -0.3 is 20.8 Å². The summed E-state index contributed by atoms with van der Waals surface area (Å²) in [5, 5.41) is 27.8. The summed E-state index contributed by atoms with van der Waals surface area (Å²) in [7, 11) is 0. The maximum Gasteiger partial charge on any atom is 0.315 e. The fourth-order valence-electron chi connectivity index (χ4n) is 5.77. The van der Waals surface area contributed by atoms with E-state index in [9.17, 15) is 15.0 Å². The number of aryl methyl sites for hydroxylation is 1. The van der Waals surface area contributed by atoms with Gasteiger partial charge in [-0.05, 0) is 93.5 Å². The molecule has 4 aliphatic rings. The average Bonchev–Trinajstić information content (AvgIpc) is 3.43. The first-order valence-electron chi connectivity index (χ1n) is 11.3. The van der Waals surface area contributed by atoms with Gasteiger partial charge in [-0.1, -0.05) is 6.07 Å². The fraction of sp³-hybridized carbons (Fsp3) is 0.696. The molecule has 29 heavy (non-hydrogen) atoms. The second kappa shape index (κ2) is 7.17. The number of hydrogen-bond donors (Lipinski definition) is 4. The lowest BCUT2D eigenvalue weighted by atomic mass is 9.69. The summed E-state index contributed by atoms with van der Waals surface area (Å²) in [6.07, 6.45) is 8.56. The van der Waals surface area contributed by atoms with Crippen LogP contribution >= 0.6 is 0 Å². The summed E-state index contributed by atoms with van der Waals surface area (Å²) >= 11 is 0. The molecule has 4 N–H and O–H groups in total. The molecule has 158 valence electrons. The van der Waals surface area contributed by atoms with Gasteiger partial charge in [0.1, 0.15) is 5.75 Å². The fourth-order valence-corrected chi connectivity index (χ4v) is 5.77. The molecule has 6 heteroatoms. The number of aromatic hydroxyl groups is 1. The van der Waals surface area contributed by atoms with Crippen LogP contribution in [-0.2, 0) is 12.8 Å². The normalized spacial score (nSPS) is 35.5. The standard InChI is InChI=1S/C23H33N3O3/c27-19-6-5-18-13-20(26(14-16-3-4-16)11-1-2-17(18)12-19)23(29)9-7-22(8-10-23)15-24-21(28)25-22/h5-6,12,16,20,27,29H,1-4,7-11,13-15H2,(H2,24,25,28)/t20-,22-,23-/m1/s1. The number of rotatable bonds is 3. The van der Waals surface area contributed by atoms with Gasteiger partial charge in [-0.25, -0.2) is 4.79 Å². The third kappa shape index (κ3) is 3.84. The van der Waals surface area contributed by atoms with Gasteiger partial charge in [0.25, 0.3) is 0 Å². The SMILES string of the molecule is O=C1NC[C@]2(CC[C@](O)([C@H]3Cc4ccc(O)cc4CCCN3CC3CC3)CC2)N1. The summed E-state index contributed by atoms with van der Waals surface area (Å²) in [6.45, 7) is 2.76. The third-order valence-corrected chi connectivity index (χ3v) is 7.78. The van der Waals surface area contributed by atoms with Gasteiger partial charge in [0, 0.05) is 19.1 Å². The molecule has 3 fully saturated rings. The molecule has 5 rings (SSSR count). The number of nitrogens with one attached hydrogen (secondary N) is 2. The molecule has 1 spiro atoms. The topological polar surface area (TPSA) is 84.8 Å². The summed E-state index contributed by atoms with van der Waals surface area (Å²) in [5.74, 6) is 1.12. The van der Waals surface area contributed by atoms with Crippen LogP contribution in [0.5, 0.6) is 5.75 Å². The van der Waals surface area contributed by atoms with Crippen LogP contribution in [0.25, 0.3) is 0 Å². The Kier molecular flexibility index (Phi) is 4.74. The predicted molar refractivity (Wildman–Crippen MR) is 111 cm³/mol. The van der Waals surface area contributed by atoms with E-state index in [2.05, 4.69) is 15.5 Å². The van der Waals surface area contributed by atoms with Gasteiger partial charge in [0.05, 0.1) is 11.1 Å². The van der Waals surface area contributed by atoms with Gasteiger partial charge in [-0.2, -0.15) is 0 Å². The van der Waals surface area contributed by atoms with Gasteiger partial charge in [0.2, 0.25) is 0 Å². The van der Waals surface area contributed by atoms with Gasteiger partial charge >= 0.3 is 6.03 Å². The Morgan fingerprint density at radius 3 is 2.62 bits per heavy atom. The summed E-state index contributed by atoms with van der Waals surface area (Å²) in [6, 6.07) is 5.75. The first kappa shape index (κ1) is 19.2. The highest BCUT2D eigenvalue weighted by atomic mass is 16.3. The van der Waals surface area contributed by atoms with Crippen LogP contribution in [0, 0.1) is 5.92 Å². The Bertz CT molecular complexity index is 784. The minimum absolute atomic E-state index is 0.0783. The Morgan fingerprint density at radius 2 is 1.93 bits per heavy atom. The Labute approximate surface area is 172 Å². The van der Waals surface area contributed by atoms with E-state index in [1.54, 1.807) is 6.07 Å². The average molecular weight is 400 g/mol. The monoisotopic (exact) mass is 399 g/mol. The molecule has 0 bridgehead atoms. The Hall–Kier alpha value is -1.79. The minimum atomic E-state index is -0.736. The molecule has 0 radical (unpaired) electrons. The number of phenols is 1. The highest BCUT2D eigenvalue weighted by molar-refractivity contribution is 5.77. The minimum Gasteiger partial charge on any atom is -0.508 e. The van der Waals surface area contributed by atoms with Crippen LogP contribution < -0.4 is 10.6 Å². The van der Waals surface area contributed by atoms with Crippen molar-refractivity contribution in [3.05, 3.63) is 29.3 Å². The molecular weight excluding hydrogens is 366 g/mol. The van der Waals surface area contributed by atoms with E-state index < -0.39 is 5.60 Å². The second-order valence-corrected chi connectivity index (χ2v) is 9.91. The molecule has 6 nitrogen and oxygen atoms in total. The van der Waals surface area contributed by atoms with E-state index in [4.69, 9.17) is 0 Å². The molecule has 2 aliphatic carbocycles. The molecule has 1 saturated heterocycles. The quantitative estimate of drug-likeness (QED) is 0.629. The van der Waals surface area contributed by atoms with Crippen molar-refractivity contribution in [2.24, 2.45) is 5.92 Å². The van der Waals surface area contributed by atoms with Crippen LogP contribution in [0.4, 0.5) is 4.79 Å². The van der Waals surface area contributed by atoms with Crippen molar-refractivity contribution < 1.29 is 15.0 Å². The van der Waals surface area contributed by atoms with Crippen molar-refractivity contribution in [1.29, 1.82) is 0 Å². The molecule has 2 amide bonds. The Balaban J connectivity index is 1.40. The molecule has 1 atom stereocenters. The molecule has 0 unspecified atom stereocenters. The molecule has 2 heterocycles. The van der Waals surface area contributed by atoms with Gasteiger partial charge in [-0.15, -0.1) is 0 Å². The van der Waals surface area contributed by atoms with Crippen molar-refractivity contribution in [3.8, 4) is 5.75 Å². The van der Waals surface area contributed by atoms with E-state index >= 15 is 0 Å². The number of benzene rings is 1. The lowest BCUT2D eigenvalue weighted by Gasteiger charge is -2.49. The van der Waals surface area contributed by atoms with E-state index in [1.165, 1.54) is 24.0 Å². The Morgan fingerprint density at radius 1 is 1.14 bits per heavy atom. The zero-order valence-electron chi connectivity index (χ0n) is 17.1. The van der Waals surface area contributed by atoms with E-state index in [1.807, 2.05) is 12.1 Å². The number of aliphatic hydroxyl groups is 1. The number of carbonyl (C=O) groups is 1. The number of phenolic OH excluding ortho intramolecular Hbond substituents is 1. The van der Waals surface area contributed by atoms with Crippen molar-refractivity contribution in [2.75, 3.05) is 19.6 Å². The highest BCUT2D eigenvalue weighted by Crippen LogP contribution is 2.42. The predicted octanol–water partition coefficient (Wildman–Crippen LogP) is 2.32. The smallest absolute Gasteiger partial charge is 0.315 e. The van der Waals surface area contributed by atoms with E-state index in [0.29, 0.717) is 25.1 Å². The maximum atomic E-state index is 11.9. The molecular formula is C23H33N3O3. The number of hydrogen-bond acceptors (Lipinski definition) is 4. The van der Waals surface area contributed by atoms with E-state index in [0.717, 1.165) is 51.1 Å². The molecule has 2 aliphatic heterocycles. The first-order chi connectivity index (χ1) is 13.9. The number of urea groups is 1. The van der Waals surface area contributed by atoms with Crippen molar-refractivity contribution in [3.63, 3.8) is 0 Å². The number of amides is 2. The zero-order valence-corrected chi connectivity index (χ0v) is 17.1. The first-order valence-corrected chi connectivity index (χ1v) is 11.3. The second-order valence-electron chi connectivity index (χ2n) is 9.91. The van der Waals surface area contributed by atoms with Crippen LogP contribution in [0.3, 0.4) is 0 Å². The van der Waals surface area contributed by atoms with Crippen LogP contribution in [0.2, 0.25) is 0 Å². The summed E-state index contributed by atoms with van der Waals surface area (Å²) < 4.78 is 0. The van der Waals surface area contributed by atoms with Gasteiger partial charge in [-0.3, -0.25) is 4.90 Å². The van der Waals surface area contributed by atoms with E-state index in [-0.39, 0.29) is 17.6 Å². The van der Waals surface area contributed by atoms with Crippen LogP contribution in [0.15, 0.2) is 18.2 Å². The third-order valence-electron chi connectivity index (χ3n) is 7.78. The van der Waals surface area contributed by atoms with Crippen molar-refractivity contribution in [1.82, 2.24) is 15.5 Å². The molecule has 1 aromatic carbocycles. The van der Waals surface area contributed by atoms with Crippen molar-refractivity contribution >= 4 is 6.03 Å². The van der Waals surface area contributed by atoms with Crippen LogP contribution in [-0.4, -0.2) is 58.0 Å². The number of nitrogens with zero attached hydrogens (tertiary/aromatic N) is 1. The molecule has 2 saturated carbocycles. The molecule has 1 aromatic rings. The van der Waals surface area contributed by atoms with Crippen molar-refractivity contribution in [2.45, 2.75) is 75.0 Å². The van der Waals surface area contributed by atoms with Gasteiger partial charge in [0.15, 0.2) is 0 Å². The summed E-state index contributed by atoms with van der Waals surface area (Å²) in [4.78, 5) is 14.3. The summed E-state index contributed by atoms with van der Waals surface area (Å²) in [5.41, 5.74) is 1.57. The highest BCUT2D eigenvalue weighted by Gasteiger charge is 2.50. The zero-order chi connectivity index (χ0) is 20.1. The number of fused-ring (bicyclic) bond motifs is 1. The number of carbonyl (C=O) groups excluding carboxylic acids is 1. The lowest BCUT2D eigenvalue weighted by Crippen LogP contribution is -2.60. The maximum absolute atomic E-state index is 11.9. The lowest BCUT2D eigenvalue weighted by molar-refractivity contribution is -0.0860. The molecule has 0 aromatic heterocycles. The van der Waals surface area contributed by atoms with Crippen LogP contribution in [0.1, 0.15) is 56.1 Å².